The largest absolute Gasteiger partial charge is 0.385 e. The summed E-state index contributed by atoms with van der Waals surface area (Å²) in [6.45, 7) is 1.57. The maximum atomic E-state index is 14.6. The Balaban J connectivity index is 1.78. The first-order valence-electron chi connectivity index (χ1n) is 10.5. The summed E-state index contributed by atoms with van der Waals surface area (Å²) in [5.41, 5.74) is -2.64. The van der Waals surface area contributed by atoms with E-state index in [2.05, 4.69) is 15.3 Å². The molecule has 0 radical (unpaired) electrons. The number of benzene rings is 1. The Morgan fingerprint density at radius 3 is 2.47 bits per heavy atom. The number of hydrogen-bond donors (Lipinski definition) is 2. The minimum Gasteiger partial charge on any atom is -0.385 e. The van der Waals surface area contributed by atoms with E-state index >= 15 is 0 Å². The Morgan fingerprint density at radius 2 is 1.82 bits per heavy atom. The summed E-state index contributed by atoms with van der Waals surface area (Å²) in [7, 11) is -1.83. The molecule has 0 aliphatic carbocycles. The Bertz CT molecular complexity index is 1410. The topological polar surface area (TPSA) is 114 Å². The molecule has 1 aromatic carbocycles. The molecule has 8 nitrogen and oxygen atoms in total. The molecule has 3 aromatic rings. The van der Waals surface area contributed by atoms with Crippen molar-refractivity contribution in [2.75, 3.05) is 16.8 Å². The molecular formula is C22H23F3N4O4S. The van der Waals surface area contributed by atoms with Gasteiger partial charge in [0.2, 0.25) is 0 Å². The van der Waals surface area contributed by atoms with E-state index in [1.165, 1.54) is 36.1 Å². The summed E-state index contributed by atoms with van der Waals surface area (Å²) in [6, 6.07) is 4.37. The molecule has 0 spiro atoms. The third kappa shape index (κ3) is 4.27. The minimum absolute atomic E-state index is 0.00530. The summed E-state index contributed by atoms with van der Waals surface area (Å²) in [6.07, 6.45) is -2.03. The number of rotatable bonds is 5. The van der Waals surface area contributed by atoms with Gasteiger partial charge in [-0.05, 0) is 25.8 Å². The first-order chi connectivity index (χ1) is 15.9. The maximum Gasteiger partial charge on any atom is 0.266 e. The lowest BCUT2D eigenvalue weighted by Gasteiger charge is -2.32. The number of fused-ring (bicyclic) bond motifs is 1. The van der Waals surface area contributed by atoms with Crippen molar-refractivity contribution >= 4 is 26.7 Å². The Labute approximate surface area is 193 Å². The fourth-order valence-electron chi connectivity index (χ4n) is 4.22. The van der Waals surface area contributed by atoms with Gasteiger partial charge >= 0.3 is 0 Å². The van der Waals surface area contributed by atoms with Crippen LogP contribution in [0.1, 0.15) is 48.9 Å². The van der Waals surface area contributed by atoms with Crippen molar-refractivity contribution in [1.29, 1.82) is 0 Å². The molecule has 182 valence electrons. The van der Waals surface area contributed by atoms with E-state index in [-0.39, 0.29) is 46.9 Å². The number of halogens is 3. The number of sulfone groups is 1. The van der Waals surface area contributed by atoms with Gasteiger partial charge in [-0.15, -0.1) is 0 Å². The molecule has 0 bridgehead atoms. The van der Waals surface area contributed by atoms with Crippen LogP contribution in [0.5, 0.6) is 0 Å². The van der Waals surface area contributed by atoms with Gasteiger partial charge in [0.15, 0.2) is 9.84 Å². The average Bonchev–Trinajstić information content (AvgIpc) is 2.78. The van der Waals surface area contributed by atoms with Crippen molar-refractivity contribution in [2.45, 2.75) is 37.8 Å². The van der Waals surface area contributed by atoms with Gasteiger partial charge in [0, 0.05) is 18.2 Å². The molecule has 0 unspecified atom stereocenters. The SMILES string of the molecule is C[C@@H](Nc1ncnc2c1cc(C1(O)CCS(=O)(=O)CC1)c(=O)n2C)c1cccc(C(F)F)c1F. The van der Waals surface area contributed by atoms with Crippen LogP contribution in [0.3, 0.4) is 0 Å². The number of nitrogens with one attached hydrogen (secondary N) is 1. The molecule has 1 atom stereocenters. The lowest BCUT2D eigenvalue weighted by atomic mass is 9.88. The monoisotopic (exact) mass is 496 g/mol. The first-order valence-corrected chi connectivity index (χ1v) is 12.4. The number of alkyl halides is 2. The third-order valence-corrected chi connectivity index (χ3v) is 7.92. The zero-order valence-electron chi connectivity index (χ0n) is 18.4. The number of aryl methyl sites for hydroxylation is 1. The molecular weight excluding hydrogens is 473 g/mol. The lowest BCUT2D eigenvalue weighted by Crippen LogP contribution is -2.42. The fraction of sp³-hybridized carbons (Fsp3) is 0.409. The molecule has 1 saturated heterocycles. The summed E-state index contributed by atoms with van der Waals surface area (Å²) in [4.78, 5) is 21.3. The molecule has 0 amide bonds. The highest BCUT2D eigenvalue weighted by atomic mass is 32.2. The van der Waals surface area contributed by atoms with Crippen molar-refractivity contribution in [1.82, 2.24) is 14.5 Å². The summed E-state index contributed by atoms with van der Waals surface area (Å²) in [5.74, 6) is -1.33. The highest BCUT2D eigenvalue weighted by Crippen LogP contribution is 2.35. The van der Waals surface area contributed by atoms with Gasteiger partial charge in [-0.3, -0.25) is 9.36 Å². The number of nitrogens with zero attached hydrogens (tertiary/aromatic N) is 3. The van der Waals surface area contributed by atoms with Crippen LogP contribution in [-0.2, 0) is 22.5 Å². The minimum atomic E-state index is -3.29. The van der Waals surface area contributed by atoms with Gasteiger partial charge in [-0.2, -0.15) is 0 Å². The third-order valence-electron chi connectivity index (χ3n) is 6.27. The molecule has 1 aliphatic heterocycles. The average molecular weight is 497 g/mol. The Morgan fingerprint density at radius 1 is 1.18 bits per heavy atom. The number of aliphatic hydroxyl groups is 1. The van der Waals surface area contributed by atoms with Gasteiger partial charge in [-0.1, -0.05) is 18.2 Å². The van der Waals surface area contributed by atoms with E-state index in [9.17, 15) is 31.5 Å². The van der Waals surface area contributed by atoms with Crippen LogP contribution in [0.2, 0.25) is 0 Å². The van der Waals surface area contributed by atoms with Crippen molar-refractivity contribution in [3.05, 3.63) is 63.5 Å². The molecule has 4 rings (SSSR count). The Hall–Kier alpha value is -2.99. The van der Waals surface area contributed by atoms with Crippen LogP contribution in [0.15, 0.2) is 35.4 Å². The van der Waals surface area contributed by atoms with Gasteiger partial charge in [-0.25, -0.2) is 31.6 Å². The second-order valence-corrected chi connectivity index (χ2v) is 10.8. The van der Waals surface area contributed by atoms with Crippen molar-refractivity contribution in [3.8, 4) is 0 Å². The second kappa shape index (κ2) is 8.66. The molecule has 1 fully saturated rings. The van der Waals surface area contributed by atoms with Crippen LogP contribution < -0.4 is 10.9 Å². The number of aromatic nitrogens is 3. The summed E-state index contributed by atoms with van der Waals surface area (Å²) in [5, 5.41) is 14.5. The van der Waals surface area contributed by atoms with Gasteiger partial charge < -0.3 is 10.4 Å². The summed E-state index contributed by atoms with van der Waals surface area (Å²) < 4.78 is 65.8. The van der Waals surface area contributed by atoms with E-state index in [1.54, 1.807) is 6.92 Å². The van der Waals surface area contributed by atoms with E-state index in [0.717, 1.165) is 6.07 Å². The molecule has 1 aliphatic rings. The number of anilines is 1. The maximum absolute atomic E-state index is 14.6. The molecule has 2 aromatic heterocycles. The highest BCUT2D eigenvalue weighted by Gasteiger charge is 2.39. The van der Waals surface area contributed by atoms with E-state index < -0.39 is 44.8 Å². The standard InChI is InChI=1S/C22H23F3N4O4S/c1-12(13-4-3-5-14(17(13)23)18(24)25)28-19-15-10-16(21(30)29(2)20(15)27-11-26-19)22(31)6-8-34(32,33)9-7-22/h3-5,10-12,18,31H,6-9H2,1-2H3,(H,26,27,28)/t12-/m1/s1. The smallest absolute Gasteiger partial charge is 0.266 e. The van der Waals surface area contributed by atoms with Crippen LogP contribution in [0.4, 0.5) is 19.0 Å². The predicted molar refractivity (Wildman–Crippen MR) is 120 cm³/mol. The van der Waals surface area contributed by atoms with Crippen molar-refractivity contribution in [3.63, 3.8) is 0 Å². The quantitative estimate of drug-likeness (QED) is 0.558. The lowest BCUT2D eigenvalue weighted by molar-refractivity contribution is 0.0248. The second-order valence-electron chi connectivity index (χ2n) is 8.48. The number of pyridine rings is 1. The highest BCUT2D eigenvalue weighted by molar-refractivity contribution is 7.91. The normalized spacial score (nSPS) is 18.2. The zero-order valence-corrected chi connectivity index (χ0v) is 19.2. The molecule has 2 N–H and O–H groups in total. The predicted octanol–water partition coefficient (Wildman–Crippen LogP) is 2.97. The first kappa shape index (κ1) is 24.1. The van der Waals surface area contributed by atoms with Gasteiger partial charge in [0.1, 0.15) is 23.6 Å². The molecule has 0 saturated carbocycles. The van der Waals surface area contributed by atoms with Crippen molar-refractivity contribution < 1.29 is 26.7 Å². The van der Waals surface area contributed by atoms with E-state index in [1.807, 2.05) is 0 Å². The van der Waals surface area contributed by atoms with E-state index in [0.29, 0.717) is 5.39 Å². The van der Waals surface area contributed by atoms with Crippen LogP contribution in [0, 0.1) is 5.82 Å². The zero-order chi connectivity index (χ0) is 24.8. The summed E-state index contributed by atoms with van der Waals surface area (Å²) >= 11 is 0. The number of hydrogen-bond acceptors (Lipinski definition) is 7. The molecule has 3 heterocycles. The van der Waals surface area contributed by atoms with Crippen LogP contribution in [0.25, 0.3) is 11.0 Å². The molecule has 34 heavy (non-hydrogen) atoms. The van der Waals surface area contributed by atoms with E-state index in [4.69, 9.17) is 0 Å². The molecule has 12 heteroatoms. The Kier molecular flexibility index (Phi) is 6.15. The van der Waals surface area contributed by atoms with Crippen LogP contribution in [-0.4, -0.2) is 39.6 Å². The van der Waals surface area contributed by atoms with Gasteiger partial charge in [0.25, 0.3) is 12.0 Å². The van der Waals surface area contributed by atoms with Crippen LogP contribution >= 0.6 is 0 Å². The fourth-order valence-corrected chi connectivity index (χ4v) is 5.72. The van der Waals surface area contributed by atoms with Crippen molar-refractivity contribution in [2.24, 2.45) is 7.05 Å². The van der Waals surface area contributed by atoms with Gasteiger partial charge in [0.05, 0.1) is 34.1 Å².